The number of esters is 1. The molecule has 2 aromatic carbocycles. The van der Waals surface area contributed by atoms with Gasteiger partial charge in [0, 0.05) is 12.0 Å². The Morgan fingerprint density at radius 2 is 1.78 bits per heavy atom. The number of Topliss-reactive ketones (excluding diaryl/α,β-unsaturated/α-hetero) is 1. The number of hydrogen-bond donors (Lipinski definition) is 0. The SMILES string of the molecule is COC(=O)[C@H]1CCCC[C@@H]1CC(=O)c1ccc2ccccc2c1. The van der Waals surface area contributed by atoms with Gasteiger partial charge in [0.05, 0.1) is 13.0 Å². The van der Waals surface area contributed by atoms with Crippen LogP contribution in [0.3, 0.4) is 0 Å². The fourth-order valence-electron chi connectivity index (χ4n) is 3.63. The maximum absolute atomic E-state index is 12.7. The third kappa shape index (κ3) is 3.44. The molecule has 0 amide bonds. The summed E-state index contributed by atoms with van der Waals surface area (Å²) in [6, 6.07) is 13.9. The van der Waals surface area contributed by atoms with Gasteiger partial charge in [-0.2, -0.15) is 0 Å². The highest BCUT2D eigenvalue weighted by Crippen LogP contribution is 2.34. The van der Waals surface area contributed by atoms with Gasteiger partial charge >= 0.3 is 5.97 Å². The van der Waals surface area contributed by atoms with E-state index in [-0.39, 0.29) is 23.6 Å². The van der Waals surface area contributed by atoms with Gasteiger partial charge in [-0.25, -0.2) is 0 Å². The number of carbonyl (C=O) groups excluding carboxylic acids is 2. The molecule has 2 atom stereocenters. The van der Waals surface area contributed by atoms with Gasteiger partial charge in [-0.15, -0.1) is 0 Å². The van der Waals surface area contributed by atoms with Crippen molar-refractivity contribution < 1.29 is 14.3 Å². The standard InChI is InChI=1S/C20H22O3/c1-23-20(22)18-9-5-4-8-16(18)13-19(21)17-11-10-14-6-2-3-7-15(14)12-17/h2-3,6-7,10-12,16,18H,4-5,8-9,13H2,1H3/t16-,18+/m1/s1. The van der Waals surface area contributed by atoms with Crippen molar-refractivity contribution in [3.63, 3.8) is 0 Å². The minimum absolute atomic E-state index is 0.107. The quantitative estimate of drug-likeness (QED) is 0.621. The van der Waals surface area contributed by atoms with Crippen molar-refractivity contribution in [2.45, 2.75) is 32.1 Å². The summed E-state index contributed by atoms with van der Waals surface area (Å²) in [6.45, 7) is 0. The molecule has 0 N–H and O–H groups in total. The van der Waals surface area contributed by atoms with E-state index >= 15 is 0 Å². The van der Waals surface area contributed by atoms with Crippen LogP contribution in [0.1, 0.15) is 42.5 Å². The first-order valence-corrected chi connectivity index (χ1v) is 8.29. The van der Waals surface area contributed by atoms with Crippen molar-refractivity contribution in [1.29, 1.82) is 0 Å². The molecule has 0 unspecified atom stereocenters. The van der Waals surface area contributed by atoms with Gasteiger partial charge in [0.2, 0.25) is 0 Å². The number of hydrogen-bond acceptors (Lipinski definition) is 3. The molecule has 0 saturated heterocycles. The molecule has 3 rings (SSSR count). The Morgan fingerprint density at radius 3 is 2.57 bits per heavy atom. The van der Waals surface area contributed by atoms with Gasteiger partial charge in [-0.05, 0) is 35.6 Å². The highest BCUT2D eigenvalue weighted by molar-refractivity contribution is 6.00. The van der Waals surface area contributed by atoms with Crippen LogP contribution in [0.5, 0.6) is 0 Å². The van der Waals surface area contributed by atoms with Crippen LogP contribution in [0.2, 0.25) is 0 Å². The third-order valence-electron chi connectivity index (χ3n) is 4.93. The Labute approximate surface area is 136 Å². The van der Waals surface area contributed by atoms with E-state index in [4.69, 9.17) is 4.74 Å². The number of methoxy groups -OCH3 is 1. The number of carbonyl (C=O) groups is 2. The van der Waals surface area contributed by atoms with Gasteiger partial charge in [0.25, 0.3) is 0 Å². The molecule has 1 aliphatic carbocycles. The lowest BCUT2D eigenvalue weighted by Crippen LogP contribution is -2.29. The Morgan fingerprint density at radius 1 is 1.04 bits per heavy atom. The zero-order valence-corrected chi connectivity index (χ0v) is 13.5. The first kappa shape index (κ1) is 15.7. The van der Waals surface area contributed by atoms with Crippen LogP contribution in [0.25, 0.3) is 10.8 Å². The van der Waals surface area contributed by atoms with Crippen molar-refractivity contribution in [3.05, 3.63) is 48.0 Å². The van der Waals surface area contributed by atoms with Crippen LogP contribution in [-0.4, -0.2) is 18.9 Å². The lowest BCUT2D eigenvalue weighted by atomic mass is 9.76. The van der Waals surface area contributed by atoms with Crippen LogP contribution < -0.4 is 0 Å². The average molecular weight is 310 g/mol. The highest BCUT2D eigenvalue weighted by atomic mass is 16.5. The summed E-state index contributed by atoms with van der Waals surface area (Å²) in [6.07, 6.45) is 4.32. The highest BCUT2D eigenvalue weighted by Gasteiger charge is 2.33. The van der Waals surface area contributed by atoms with Crippen LogP contribution >= 0.6 is 0 Å². The zero-order valence-electron chi connectivity index (χ0n) is 13.5. The Balaban J connectivity index is 1.77. The molecule has 0 aliphatic heterocycles. The molecule has 0 radical (unpaired) electrons. The number of ether oxygens (including phenoxy) is 1. The van der Waals surface area contributed by atoms with E-state index in [2.05, 4.69) is 0 Å². The van der Waals surface area contributed by atoms with E-state index in [1.54, 1.807) is 0 Å². The van der Waals surface area contributed by atoms with E-state index in [0.717, 1.165) is 42.0 Å². The van der Waals surface area contributed by atoms with E-state index in [1.165, 1.54) is 7.11 Å². The van der Waals surface area contributed by atoms with E-state index in [9.17, 15) is 9.59 Å². The normalized spacial score (nSPS) is 21.1. The van der Waals surface area contributed by atoms with Crippen LogP contribution in [0.4, 0.5) is 0 Å². The topological polar surface area (TPSA) is 43.4 Å². The molecule has 0 spiro atoms. The van der Waals surface area contributed by atoms with Gasteiger partial charge < -0.3 is 4.74 Å². The van der Waals surface area contributed by atoms with Crippen molar-refractivity contribution in [2.75, 3.05) is 7.11 Å². The van der Waals surface area contributed by atoms with Crippen molar-refractivity contribution in [2.24, 2.45) is 11.8 Å². The lowest BCUT2D eigenvalue weighted by molar-refractivity contribution is -0.148. The number of ketones is 1. The molecule has 1 fully saturated rings. The maximum Gasteiger partial charge on any atom is 0.308 e. The molecule has 3 nitrogen and oxygen atoms in total. The molecule has 0 heterocycles. The van der Waals surface area contributed by atoms with E-state index in [0.29, 0.717) is 6.42 Å². The Kier molecular flexibility index (Phi) is 4.75. The van der Waals surface area contributed by atoms with Crippen LogP contribution in [0.15, 0.2) is 42.5 Å². The largest absolute Gasteiger partial charge is 0.469 e. The second-order valence-electron chi connectivity index (χ2n) is 6.36. The first-order chi connectivity index (χ1) is 11.2. The second-order valence-corrected chi connectivity index (χ2v) is 6.36. The molecule has 0 aromatic heterocycles. The van der Waals surface area contributed by atoms with E-state index in [1.807, 2.05) is 42.5 Å². The third-order valence-corrected chi connectivity index (χ3v) is 4.93. The van der Waals surface area contributed by atoms with Crippen molar-refractivity contribution in [3.8, 4) is 0 Å². The predicted octanol–water partition coefficient (Wildman–Crippen LogP) is 4.39. The van der Waals surface area contributed by atoms with Crippen molar-refractivity contribution in [1.82, 2.24) is 0 Å². The van der Waals surface area contributed by atoms with Gasteiger partial charge in [-0.3, -0.25) is 9.59 Å². The summed E-state index contributed by atoms with van der Waals surface area (Å²) >= 11 is 0. The minimum atomic E-state index is -0.166. The Bertz CT molecular complexity index is 720. The molecule has 3 heteroatoms. The van der Waals surface area contributed by atoms with Gasteiger partial charge in [-0.1, -0.05) is 49.2 Å². The second kappa shape index (κ2) is 6.95. The van der Waals surface area contributed by atoms with Crippen molar-refractivity contribution >= 4 is 22.5 Å². The van der Waals surface area contributed by atoms with E-state index < -0.39 is 0 Å². The molecule has 1 aliphatic rings. The average Bonchev–Trinajstić information content (AvgIpc) is 2.61. The molecule has 1 saturated carbocycles. The molecule has 23 heavy (non-hydrogen) atoms. The predicted molar refractivity (Wildman–Crippen MR) is 90.4 cm³/mol. The summed E-state index contributed by atoms with van der Waals surface area (Å²) < 4.78 is 4.91. The summed E-state index contributed by atoms with van der Waals surface area (Å²) in [5, 5.41) is 2.21. The molecule has 0 bridgehead atoms. The lowest BCUT2D eigenvalue weighted by Gasteiger charge is -2.29. The molecule has 120 valence electrons. The number of fused-ring (bicyclic) bond motifs is 1. The molecular weight excluding hydrogens is 288 g/mol. The molecule has 2 aromatic rings. The van der Waals surface area contributed by atoms with Gasteiger partial charge in [0.1, 0.15) is 0 Å². The summed E-state index contributed by atoms with van der Waals surface area (Å²) in [4.78, 5) is 24.6. The summed E-state index contributed by atoms with van der Waals surface area (Å²) in [5.74, 6) is -0.0640. The van der Waals surface area contributed by atoms with Crippen LogP contribution in [-0.2, 0) is 9.53 Å². The summed E-state index contributed by atoms with van der Waals surface area (Å²) in [5.41, 5.74) is 0.734. The fraction of sp³-hybridized carbons (Fsp3) is 0.400. The maximum atomic E-state index is 12.7. The number of benzene rings is 2. The fourth-order valence-corrected chi connectivity index (χ4v) is 3.63. The Hall–Kier alpha value is -2.16. The first-order valence-electron chi connectivity index (χ1n) is 8.29. The minimum Gasteiger partial charge on any atom is -0.469 e. The monoisotopic (exact) mass is 310 g/mol. The zero-order chi connectivity index (χ0) is 16.2. The van der Waals surface area contributed by atoms with Crippen LogP contribution in [0, 0.1) is 11.8 Å². The number of rotatable bonds is 4. The molecular formula is C20H22O3. The van der Waals surface area contributed by atoms with Gasteiger partial charge in [0.15, 0.2) is 5.78 Å². The summed E-state index contributed by atoms with van der Waals surface area (Å²) in [7, 11) is 1.43. The smallest absolute Gasteiger partial charge is 0.308 e.